The predicted molar refractivity (Wildman–Crippen MR) is 98.7 cm³/mol. The van der Waals surface area contributed by atoms with Crippen LogP contribution in [0.2, 0.25) is 5.02 Å². The molecule has 0 N–H and O–H groups in total. The lowest BCUT2D eigenvalue weighted by molar-refractivity contribution is 0.579. The maximum Gasteiger partial charge on any atom is 0.276 e. The largest absolute Gasteiger partial charge is 0.328 e. The molecule has 2 aromatic heterocycles. The van der Waals surface area contributed by atoms with Crippen LogP contribution in [0.4, 0.5) is 10.2 Å². The van der Waals surface area contributed by atoms with Crippen LogP contribution in [0.3, 0.4) is 0 Å². The molecule has 0 bridgehead atoms. The molecule has 128 valence electrons. The Balaban J connectivity index is 1.96. The molecule has 0 fully saturated rings. The second-order valence-electron chi connectivity index (χ2n) is 5.81. The Morgan fingerprint density at radius 3 is 2.84 bits per heavy atom. The molecule has 4 rings (SSSR count). The first-order valence-corrected chi connectivity index (χ1v) is 8.73. The summed E-state index contributed by atoms with van der Waals surface area (Å²) >= 11 is 7.37. The molecule has 0 saturated carbocycles. The maximum atomic E-state index is 13.5. The number of benzene rings is 1. The molecule has 0 unspecified atom stereocenters. The molecule has 3 aromatic rings. The van der Waals surface area contributed by atoms with Gasteiger partial charge in [-0.2, -0.15) is 4.37 Å². The molecule has 0 amide bonds. The van der Waals surface area contributed by atoms with Gasteiger partial charge in [0.15, 0.2) is 0 Å². The van der Waals surface area contributed by atoms with E-state index in [9.17, 15) is 9.18 Å². The number of fused-ring (bicyclic) bond motifs is 1. The molecule has 8 heteroatoms. The lowest BCUT2D eigenvalue weighted by Gasteiger charge is -2.22. The fourth-order valence-electron chi connectivity index (χ4n) is 2.99. The summed E-state index contributed by atoms with van der Waals surface area (Å²) in [5, 5.41) is 1.00. The van der Waals surface area contributed by atoms with E-state index in [2.05, 4.69) is 10.4 Å². The summed E-state index contributed by atoms with van der Waals surface area (Å²) in [6.07, 6.45) is 5.85. The minimum absolute atomic E-state index is 0.00661. The zero-order valence-corrected chi connectivity index (χ0v) is 15.1. The first kappa shape index (κ1) is 16.1. The minimum atomic E-state index is -0.508. The maximum absolute atomic E-state index is 13.5. The summed E-state index contributed by atoms with van der Waals surface area (Å²) in [7, 11) is 3.52. The monoisotopic (exact) mass is 376 g/mol. The van der Waals surface area contributed by atoms with Crippen LogP contribution in [0.1, 0.15) is 0 Å². The van der Waals surface area contributed by atoms with Gasteiger partial charge in [-0.3, -0.25) is 14.2 Å². The standard InChI is InChI=1S/C17H14ClFN4OS/c1-21-16(23-6-5-14-11(9-23)8-20-25-14)15(17(24)22(21)2)10-3-4-13(19)12(18)7-10/h3-5,7-9H,6H2,1-2H3. The third kappa shape index (κ3) is 2.51. The average Bonchev–Trinajstić information content (AvgIpc) is 3.15. The number of hydrogen-bond acceptors (Lipinski definition) is 4. The first-order chi connectivity index (χ1) is 12.0. The Bertz CT molecular complexity index is 1160. The van der Waals surface area contributed by atoms with Gasteiger partial charge in [0, 0.05) is 38.3 Å². The predicted octanol–water partition coefficient (Wildman–Crippen LogP) is 1.68. The number of hydrogen-bond donors (Lipinski definition) is 0. The topological polar surface area (TPSA) is 43.1 Å². The summed E-state index contributed by atoms with van der Waals surface area (Å²) in [5.41, 5.74) is 0.913. The zero-order valence-electron chi connectivity index (χ0n) is 13.5. The SMILES string of the molecule is Cn1c(N2C=c3cnsc3=CC2)c(-c2ccc(F)c(Cl)c2)c(=O)n1C. The normalized spacial score (nSPS) is 13.4. The minimum Gasteiger partial charge on any atom is -0.328 e. The smallest absolute Gasteiger partial charge is 0.276 e. The summed E-state index contributed by atoms with van der Waals surface area (Å²) in [5.74, 6) is 0.217. The summed E-state index contributed by atoms with van der Waals surface area (Å²) in [6, 6.07) is 4.34. The number of anilines is 1. The van der Waals surface area contributed by atoms with Crippen molar-refractivity contribution in [2.75, 3.05) is 11.4 Å². The number of aromatic nitrogens is 3. The Morgan fingerprint density at radius 2 is 2.08 bits per heavy atom. The van der Waals surface area contributed by atoms with Gasteiger partial charge in [-0.15, -0.1) is 0 Å². The van der Waals surface area contributed by atoms with Gasteiger partial charge in [0.25, 0.3) is 5.56 Å². The van der Waals surface area contributed by atoms with Gasteiger partial charge in [-0.1, -0.05) is 17.7 Å². The van der Waals surface area contributed by atoms with E-state index in [1.54, 1.807) is 24.0 Å². The second-order valence-corrected chi connectivity index (χ2v) is 7.05. The number of nitrogens with zero attached hydrogens (tertiary/aromatic N) is 4. The van der Waals surface area contributed by atoms with Crippen molar-refractivity contribution in [2.45, 2.75) is 0 Å². The van der Waals surface area contributed by atoms with E-state index in [4.69, 9.17) is 11.6 Å². The van der Waals surface area contributed by atoms with Gasteiger partial charge in [0.05, 0.1) is 15.1 Å². The van der Waals surface area contributed by atoms with Crippen molar-refractivity contribution in [1.82, 2.24) is 13.7 Å². The summed E-state index contributed by atoms with van der Waals surface area (Å²) in [6.45, 7) is 0.619. The van der Waals surface area contributed by atoms with Crippen molar-refractivity contribution >= 4 is 41.2 Å². The van der Waals surface area contributed by atoms with Gasteiger partial charge in [-0.05, 0) is 35.3 Å². The van der Waals surface area contributed by atoms with E-state index in [-0.39, 0.29) is 10.6 Å². The fraction of sp³-hybridized carbons (Fsp3) is 0.176. The molecular weight excluding hydrogens is 363 g/mol. The van der Waals surface area contributed by atoms with Crippen LogP contribution in [0.5, 0.6) is 0 Å². The Hall–Kier alpha value is -2.38. The van der Waals surface area contributed by atoms with Gasteiger partial charge in [0.1, 0.15) is 11.6 Å². The molecule has 3 heterocycles. The van der Waals surface area contributed by atoms with E-state index < -0.39 is 5.82 Å². The highest BCUT2D eigenvalue weighted by Gasteiger charge is 2.23. The van der Waals surface area contributed by atoms with E-state index >= 15 is 0 Å². The fourth-order valence-corrected chi connectivity index (χ4v) is 3.81. The van der Waals surface area contributed by atoms with Crippen LogP contribution in [0.25, 0.3) is 23.4 Å². The van der Waals surface area contributed by atoms with Crippen molar-refractivity contribution in [1.29, 1.82) is 0 Å². The van der Waals surface area contributed by atoms with Crippen LogP contribution in [0, 0.1) is 5.82 Å². The lowest BCUT2D eigenvalue weighted by atomic mass is 10.1. The van der Waals surface area contributed by atoms with Crippen LogP contribution >= 0.6 is 23.1 Å². The Kier molecular flexibility index (Phi) is 3.77. The second kappa shape index (κ2) is 5.86. The van der Waals surface area contributed by atoms with E-state index in [1.165, 1.54) is 28.3 Å². The molecule has 0 saturated heterocycles. The van der Waals surface area contributed by atoms with E-state index in [0.29, 0.717) is 17.7 Å². The first-order valence-electron chi connectivity index (χ1n) is 7.58. The van der Waals surface area contributed by atoms with Crippen molar-refractivity contribution in [3.05, 3.63) is 55.3 Å². The molecule has 1 aliphatic rings. The molecule has 0 radical (unpaired) electrons. The average molecular weight is 377 g/mol. The highest BCUT2D eigenvalue weighted by Crippen LogP contribution is 2.31. The van der Waals surface area contributed by atoms with E-state index in [1.807, 2.05) is 18.1 Å². The van der Waals surface area contributed by atoms with Gasteiger partial charge < -0.3 is 4.90 Å². The quantitative estimate of drug-likeness (QED) is 0.683. The number of rotatable bonds is 2. The highest BCUT2D eigenvalue weighted by molar-refractivity contribution is 7.03. The number of halogens is 2. The molecule has 0 spiro atoms. The van der Waals surface area contributed by atoms with Crippen LogP contribution in [-0.4, -0.2) is 20.3 Å². The molecule has 1 aliphatic heterocycles. The third-order valence-corrected chi connectivity index (χ3v) is 5.46. The molecule has 25 heavy (non-hydrogen) atoms. The third-order valence-electron chi connectivity index (χ3n) is 4.36. The summed E-state index contributed by atoms with van der Waals surface area (Å²) < 4.78 is 22.2. The van der Waals surface area contributed by atoms with Crippen molar-refractivity contribution < 1.29 is 4.39 Å². The van der Waals surface area contributed by atoms with Gasteiger partial charge in [0.2, 0.25) is 0 Å². The van der Waals surface area contributed by atoms with Crippen LogP contribution in [0.15, 0.2) is 29.2 Å². The van der Waals surface area contributed by atoms with Crippen molar-refractivity contribution in [2.24, 2.45) is 14.1 Å². The van der Waals surface area contributed by atoms with E-state index in [0.717, 1.165) is 15.6 Å². The Labute approximate surface area is 151 Å². The molecule has 1 aromatic carbocycles. The molecule has 0 atom stereocenters. The van der Waals surface area contributed by atoms with Crippen LogP contribution in [-0.2, 0) is 14.1 Å². The molecular formula is C17H14ClFN4OS. The van der Waals surface area contributed by atoms with Crippen molar-refractivity contribution in [3.63, 3.8) is 0 Å². The Morgan fingerprint density at radius 1 is 1.28 bits per heavy atom. The van der Waals surface area contributed by atoms with Crippen LogP contribution < -0.4 is 20.2 Å². The highest BCUT2D eigenvalue weighted by atomic mass is 35.5. The molecule has 5 nitrogen and oxygen atoms in total. The van der Waals surface area contributed by atoms with Gasteiger partial charge in [-0.25, -0.2) is 4.39 Å². The lowest BCUT2D eigenvalue weighted by Crippen LogP contribution is -2.33. The van der Waals surface area contributed by atoms with Gasteiger partial charge >= 0.3 is 0 Å². The van der Waals surface area contributed by atoms with Crippen molar-refractivity contribution in [3.8, 4) is 11.1 Å². The molecule has 0 aliphatic carbocycles. The zero-order chi connectivity index (χ0) is 17.7. The summed E-state index contributed by atoms with van der Waals surface area (Å²) in [4.78, 5) is 14.8.